The lowest BCUT2D eigenvalue weighted by Crippen LogP contribution is -2.57. The molecule has 2 heterocycles. The van der Waals surface area contributed by atoms with Gasteiger partial charge in [0, 0.05) is 36.3 Å². The van der Waals surface area contributed by atoms with E-state index in [1.807, 2.05) is 32.2 Å². The summed E-state index contributed by atoms with van der Waals surface area (Å²) in [6, 6.07) is 4.81. The van der Waals surface area contributed by atoms with E-state index in [1.165, 1.54) is 0 Å². The van der Waals surface area contributed by atoms with E-state index < -0.39 is 18.0 Å². The minimum absolute atomic E-state index is 0.111. The molecule has 10 nitrogen and oxygen atoms in total. The fourth-order valence-corrected chi connectivity index (χ4v) is 6.81. The predicted molar refractivity (Wildman–Crippen MR) is 156 cm³/mol. The van der Waals surface area contributed by atoms with E-state index in [0.717, 1.165) is 61.3 Å². The molecular formula is C27H41N5O5S2. The van der Waals surface area contributed by atoms with Crippen LogP contribution >= 0.6 is 21.6 Å². The van der Waals surface area contributed by atoms with Gasteiger partial charge in [0.15, 0.2) is 0 Å². The first-order valence-corrected chi connectivity index (χ1v) is 16.1. The van der Waals surface area contributed by atoms with E-state index in [9.17, 15) is 19.2 Å². The van der Waals surface area contributed by atoms with Gasteiger partial charge < -0.3 is 26.0 Å². The highest BCUT2D eigenvalue weighted by atomic mass is 33.1. The predicted octanol–water partition coefficient (Wildman–Crippen LogP) is 3.95. The average Bonchev–Trinajstić information content (AvgIpc) is 3.23. The number of anilines is 1. The Morgan fingerprint density at radius 2 is 1.90 bits per heavy atom. The molecule has 2 aliphatic heterocycles. The van der Waals surface area contributed by atoms with Crippen molar-refractivity contribution >= 4 is 51.1 Å². The van der Waals surface area contributed by atoms with Crippen molar-refractivity contribution in [3.63, 3.8) is 0 Å². The molecule has 39 heavy (non-hydrogen) atoms. The molecule has 0 saturated carbocycles. The van der Waals surface area contributed by atoms with Crippen LogP contribution in [0.1, 0.15) is 74.7 Å². The SMILES string of the molecule is CSSC(C)(C)COC(=O)NCN1C(=O)CCC(N2Cc3c(NCCCCCCCN)cccc3C2=O)C1=O. The van der Waals surface area contributed by atoms with Crippen LogP contribution in [0.3, 0.4) is 0 Å². The Bertz CT molecular complexity index is 1040. The standard InChI is InChI=1S/C27H41N5O5S2/c1-27(2,39-38-3)17-37-26(36)30-18-32-23(33)13-12-22(25(32)35)31-16-20-19(24(31)34)10-9-11-21(20)29-15-8-6-4-5-7-14-28/h9-11,22,29H,4-8,12-18,28H2,1-3H3,(H,30,36). The number of carbonyl (C=O) groups excluding carboxylic acids is 4. The van der Waals surface area contributed by atoms with Crippen molar-refractivity contribution in [2.75, 3.05) is 37.9 Å². The summed E-state index contributed by atoms with van der Waals surface area (Å²) in [5.74, 6) is -1.09. The second-order valence-corrected chi connectivity index (χ2v) is 13.5. The Labute approximate surface area is 238 Å². The monoisotopic (exact) mass is 579 g/mol. The fraction of sp³-hybridized carbons (Fsp3) is 0.630. The van der Waals surface area contributed by atoms with Gasteiger partial charge in [-0.3, -0.25) is 19.3 Å². The molecular weight excluding hydrogens is 538 g/mol. The normalized spacial score (nSPS) is 17.4. The van der Waals surface area contributed by atoms with Crippen molar-refractivity contribution in [3.05, 3.63) is 29.3 Å². The summed E-state index contributed by atoms with van der Waals surface area (Å²) < 4.78 is 5.00. The Morgan fingerprint density at radius 3 is 2.64 bits per heavy atom. The highest BCUT2D eigenvalue weighted by Gasteiger charge is 2.43. The molecule has 0 spiro atoms. The van der Waals surface area contributed by atoms with Crippen molar-refractivity contribution in [2.24, 2.45) is 5.73 Å². The van der Waals surface area contributed by atoms with Gasteiger partial charge in [-0.25, -0.2) is 4.79 Å². The molecule has 216 valence electrons. The first-order chi connectivity index (χ1) is 18.7. The maximum atomic E-state index is 13.3. The topological polar surface area (TPSA) is 134 Å². The zero-order valence-electron chi connectivity index (χ0n) is 23.1. The molecule has 0 bridgehead atoms. The average molecular weight is 580 g/mol. The molecule has 0 aromatic heterocycles. The Morgan fingerprint density at radius 1 is 1.15 bits per heavy atom. The van der Waals surface area contributed by atoms with E-state index in [-0.39, 0.29) is 42.7 Å². The Kier molecular flexibility index (Phi) is 11.8. The van der Waals surface area contributed by atoms with Crippen LogP contribution in [-0.2, 0) is 20.9 Å². The summed E-state index contributed by atoms with van der Waals surface area (Å²) in [7, 11) is 3.17. The molecule has 1 aromatic carbocycles. The number of amides is 4. The fourth-order valence-electron chi connectivity index (χ4n) is 4.75. The van der Waals surface area contributed by atoms with Gasteiger partial charge in [-0.05, 0) is 58.0 Å². The molecule has 4 N–H and O–H groups in total. The van der Waals surface area contributed by atoms with E-state index in [1.54, 1.807) is 32.6 Å². The summed E-state index contributed by atoms with van der Waals surface area (Å²) in [5, 5.41) is 5.96. The van der Waals surface area contributed by atoms with E-state index in [4.69, 9.17) is 10.5 Å². The number of benzene rings is 1. The molecule has 0 radical (unpaired) electrons. The van der Waals surface area contributed by atoms with Gasteiger partial charge in [0.25, 0.3) is 11.8 Å². The van der Waals surface area contributed by atoms with Crippen LogP contribution in [0.5, 0.6) is 0 Å². The van der Waals surface area contributed by atoms with Gasteiger partial charge in [0.2, 0.25) is 5.91 Å². The smallest absolute Gasteiger partial charge is 0.408 e. The van der Waals surface area contributed by atoms with Gasteiger partial charge >= 0.3 is 6.09 Å². The number of piperidine rings is 1. The molecule has 0 aliphatic carbocycles. The van der Waals surface area contributed by atoms with Crippen molar-refractivity contribution in [1.29, 1.82) is 0 Å². The van der Waals surface area contributed by atoms with E-state index in [2.05, 4.69) is 10.6 Å². The Hall–Kier alpha value is -2.44. The third kappa shape index (κ3) is 8.52. The second-order valence-electron chi connectivity index (χ2n) is 10.4. The summed E-state index contributed by atoms with van der Waals surface area (Å²) in [5.41, 5.74) is 7.89. The third-order valence-electron chi connectivity index (χ3n) is 6.79. The molecule has 1 atom stereocenters. The number of imide groups is 1. The van der Waals surface area contributed by atoms with Crippen LogP contribution < -0.4 is 16.4 Å². The number of nitrogens with zero attached hydrogens (tertiary/aromatic N) is 2. The molecule has 1 fully saturated rings. The zero-order valence-corrected chi connectivity index (χ0v) is 24.8. The van der Waals surface area contributed by atoms with Crippen LogP contribution in [-0.4, -0.2) is 77.0 Å². The van der Waals surface area contributed by atoms with Crippen molar-refractivity contribution in [3.8, 4) is 0 Å². The molecule has 12 heteroatoms. The first kappa shape index (κ1) is 31.1. The lowest BCUT2D eigenvalue weighted by atomic mass is 10.0. The lowest BCUT2D eigenvalue weighted by Gasteiger charge is -2.35. The number of likely N-dealkylation sites (tertiary alicyclic amines) is 1. The number of ether oxygens (including phenoxy) is 1. The Balaban J connectivity index is 1.56. The summed E-state index contributed by atoms with van der Waals surface area (Å²) in [4.78, 5) is 54.0. The number of hydrogen-bond acceptors (Lipinski definition) is 9. The molecule has 1 saturated heterocycles. The van der Waals surface area contributed by atoms with Gasteiger partial charge in [-0.15, -0.1) is 0 Å². The number of unbranched alkanes of at least 4 members (excludes halogenated alkanes) is 4. The molecule has 1 unspecified atom stereocenters. The van der Waals surface area contributed by atoms with E-state index in [0.29, 0.717) is 12.1 Å². The number of alkyl carbamates (subject to hydrolysis) is 1. The number of rotatable bonds is 15. The van der Waals surface area contributed by atoms with Crippen LogP contribution in [0.15, 0.2) is 18.2 Å². The van der Waals surface area contributed by atoms with Crippen LogP contribution in [0.2, 0.25) is 0 Å². The lowest BCUT2D eigenvalue weighted by molar-refractivity contribution is -0.152. The van der Waals surface area contributed by atoms with Crippen LogP contribution in [0.4, 0.5) is 10.5 Å². The maximum Gasteiger partial charge on any atom is 0.408 e. The van der Waals surface area contributed by atoms with Crippen molar-refractivity contribution in [2.45, 2.75) is 76.1 Å². The third-order valence-corrected chi connectivity index (χ3v) is 9.38. The highest BCUT2D eigenvalue weighted by Crippen LogP contribution is 2.34. The van der Waals surface area contributed by atoms with Gasteiger partial charge in [-0.2, -0.15) is 0 Å². The molecule has 3 rings (SSSR count). The number of hydrogen-bond donors (Lipinski definition) is 3. The quantitative estimate of drug-likeness (QED) is 0.160. The molecule has 1 aromatic rings. The zero-order chi connectivity index (χ0) is 28.4. The minimum Gasteiger partial charge on any atom is -0.448 e. The number of nitrogens with two attached hydrogens (primary N) is 1. The van der Waals surface area contributed by atoms with Crippen molar-refractivity contribution in [1.82, 2.24) is 15.1 Å². The van der Waals surface area contributed by atoms with Gasteiger partial charge in [-0.1, -0.05) is 46.9 Å². The van der Waals surface area contributed by atoms with Crippen LogP contribution in [0.25, 0.3) is 0 Å². The first-order valence-electron chi connectivity index (χ1n) is 13.5. The largest absolute Gasteiger partial charge is 0.448 e. The minimum atomic E-state index is -0.771. The molecule has 4 amide bonds. The summed E-state index contributed by atoms with van der Waals surface area (Å²) in [6.07, 6.45) is 7.09. The number of fused-ring (bicyclic) bond motifs is 1. The van der Waals surface area contributed by atoms with Gasteiger partial charge in [0.05, 0.1) is 4.75 Å². The van der Waals surface area contributed by atoms with E-state index >= 15 is 0 Å². The summed E-state index contributed by atoms with van der Waals surface area (Å²) >= 11 is 0. The van der Waals surface area contributed by atoms with Gasteiger partial charge in [0.1, 0.15) is 19.3 Å². The van der Waals surface area contributed by atoms with Crippen LogP contribution in [0, 0.1) is 0 Å². The number of nitrogens with one attached hydrogen (secondary N) is 2. The number of carbonyl (C=O) groups is 4. The second kappa shape index (κ2) is 14.8. The van der Waals surface area contributed by atoms with Crippen molar-refractivity contribution < 1.29 is 23.9 Å². The highest BCUT2D eigenvalue weighted by molar-refractivity contribution is 8.76. The molecule has 2 aliphatic rings. The summed E-state index contributed by atoms with van der Waals surface area (Å²) in [6.45, 7) is 5.63. The maximum absolute atomic E-state index is 13.3.